The molecule has 0 aliphatic carbocycles. The SMILES string of the molecule is NCCCCN1CCN(C(=O)CCC2CCCCO2)CC1. The van der Waals surface area contributed by atoms with Crippen LogP contribution in [-0.2, 0) is 9.53 Å². The Bertz CT molecular complexity index is 298. The van der Waals surface area contributed by atoms with Crippen LogP contribution in [0.2, 0.25) is 0 Å². The van der Waals surface area contributed by atoms with E-state index in [2.05, 4.69) is 4.90 Å². The van der Waals surface area contributed by atoms with Crippen molar-refractivity contribution in [1.29, 1.82) is 0 Å². The van der Waals surface area contributed by atoms with Crippen LogP contribution in [0.15, 0.2) is 0 Å². The third kappa shape index (κ3) is 5.93. The standard InChI is InChI=1S/C16H31N3O2/c17-8-2-3-9-18-10-12-19(13-11-18)16(20)7-6-15-5-1-4-14-21-15/h15H,1-14,17H2. The summed E-state index contributed by atoms with van der Waals surface area (Å²) in [6, 6.07) is 0. The van der Waals surface area contributed by atoms with Crippen LogP contribution >= 0.6 is 0 Å². The van der Waals surface area contributed by atoms with E-state index >= 15 is 0 Å². The van der Waals surface area contributed by atoms with E-state index in [1.165, 1.54) is 19.3 Å². The Balaban J connectivity index is 1.59. The number of ether oxygens (including phenoxy) is 1. The molecule has 0 saturated carbocycles. The molecule has 0 bridgehead atoms. The molecule has 0 aromatic carbocycles. The average Bonchev–Trinajstić information content (AvgIpc) is 2.54. The number of nitrogens with two attached hydrogens (primary N) is 1. The fourth-order valence-electron chi connectivity index (χ4n) is 3.18. The molecule has 2 heterocycles. The van der Waals surface area contributed by atoms with Crippen molar-refractivity contribution in [2.75, 3.05) is 45.9 Å². The van der Waals surface area contributed by atoms with Gasteiger partial charge in [0.25, 0.3) is 0 Å². The van der Waals surface area contributed by atoms with Crippen LogP contribution in [0.25, 0.3) is 0 Å². The van der Waals surface area contributed by atoms with E-state index in [1.807, 2.05) is 4.90 Å². The monoisotopic (exact) mass is 297 g/mol. The molecule has 0 aromatic heterocycles. The van der Waals surface area contributed by atoms with Gasteiger partial charge < -0.3 is 15.4 Å². The van der Waals surface area contributed by atoms with Crippen molar-refractivity contribution in [3.05, 3.63) is 0 Å². The predicted octanol–water partition coefficient (Wildman–Crippen LogP) is 1.22. The molecule has 21 heavy (non-hydrogen) atoms. The van der Waals surface area contributed by atoms with Gasteiger partial charge in [0.05, 0.1) is 6.10 Å². The number of rotatable bonds is 7. The molecule has 5 heteroatoms. The third-order valence-corrected chi connectivity index (χ3v) is 4.61. The molecule has 2 N–H and O–H groups in total. The lowest BCUT2D eigenvalue weighted by atomic mass is 10.0. The maximum atomic E-state index is 12.2. The average molecular weight is 297 g/mol. The third-order valence-electron chi connectivity index (χ3n) is 4.61. The largest absolute Gasteiger partial charge is 0.378 e. The fourth-order valence-corrected chi connectivity index (χ4v) is 3.18. The first kappa shape index (κ1) is 16.7. The Morgan fingerprint density at radius 1 is 1.14 bits per heavy atom. The number of carbonyl (C=O) groups excluding carboxylic acids is 1. The first-order valence-electron chi connectivity index (χ1n) is 8.61. The second-order valence-electron chi connectivity index (χ2n) is 6.25. The smallest absolute Gasteiger partial charge is 0.222 e. The first-order chi connectivity index (χ1) is 10.3. The normalized spacial score (nSPS) is 24.2. The van der Waals surface area contributed by atoms with Crippen LogP contribution < -0.4 is 5.73 Å². The maximum absolute atomic E-state index is 12.2. The van der Waals surface area contributed by atoms with E-state index in [9.17, 15) is 4.79 Å². The second kappa shape index (κ2) is 9.38. The summed E-state index contributed by atoms with van der Waals surface area (Å²) in [5, 5.41) is 0. The number of piperazine rings is 1. The molecular formula is C16H31N3O2. The Hall–Kier alpha value is -0.650. The fraction of sp³-hybridized carbons (Fsp3) is 0.938. The van der Waals surface area contributed by atoms with E-state index in [4.69, 9.17) is 10.5 Å². The highest BCUT2D eigenvalue weighted by Crippen LogP contribution is 2.17. The Morgan fingerprint density at radius 2 is 1.95 bits per heavy atom. The molecule has 2 saturated heterocycles. The topological polar surface area (TPSA) is 58.8 Å². The summed E-state index contributed by atoms with van der Waals surface area (Å²) in [6.07, 6.45) is 7.69. The van der Waals surface area contributed by atoms with Gasteiger partial charge in [-0.1, -0.05) is 0 Å². The van der Waals surface area contributed by atoms with Gasteiger partial charge in [-0.25, -0.2) is 0 Å². The van der Waals surface area contributed by atoms with E-state index in [-0.39, 0.29) is 0 Å². The van der Waals surface area contributed by atoms with E-state index in [0.29, 0.717) is 18.4 Å². The highest BCUT2D eigenvalue weighted by Gasteiger charge is 2.22. The highest BCUT2D eigenvalue weighted by atomic mass is 16.5. The van der Waals surface area contributed by atoms with Crippen molar-refractivity contribution in [1.82, 2.24) is 9.80 Å². The van der Waals surface area contributed by atoms with Crippen LogP contribution in [0.1, 0.15) is 44.9 Å². The maximum Gasteiger partial charge on any atom is 0.222 e. The lowest BCUT2D eigenvalue weighted by molar-refractivity contribution is -0.134. The van der Waals surface area contributed by atoms with Crippen LogP contribution in [0, 0.1) is 0 Å². The zero-order valence-electron chi connectivity index (χ0n) is 13.3. The van der Waals surface area contributed by atoms with Gasteiger partial charge >= 0.3 is 0 Å². The molecule has 1 unspecified atom stereocenters. The van der Waals surface area contributed by atoms with Crippen LogP contribution in [-0.4, -0.2) is 67.7 Å². The van der Waals surface area contributed by atoms with E-state index in [1.54, 1.807) is 0 Å². The summed E-state index contributed by atoms with van der Waals surface area (Å²) < 4.78 is 5.70. The molecular weight excluding hydrogens is 266 g/mol. The molecule has 1 atom stereocenters. The number of unbranched alkanes of at least 4 members (excludes halogenated alkanes) is 1. The Kier molecular flexibility index (Phi) is 7.47. The molecule has 0 spiro atoms. The van der Waals surface area contributed by atoms with Gasteiger partial charge in [0.15, 0.2) is 0 Å². The van der Waals surface area contributed by atoms with Gasteiger partial charge in [-0.2, -0.15) is 0 Å². The molecule has 5 nitrogen and oxygen atoms in total. The van der Waals surface area contributed by atoms with Crippen LogP contribution in [0.3, 0.4) is 0 Å². The molecule has 122 valence electrons. The van der Waals surface area contributed by atoms with Crippen molar-refractivity contribution in [2.24, 2.45) is 5.73 Å². The molecule has 0 aromatic rings. The minimum absolute atomic E-state index is 0.311. The van der Waals surface area contributed by atoms with Crippen molar-refractivity contribution >= 4 is 5.91 Å². The zero-order valence-corrected chi connectivity index (χ0v) is 13.3. The lowest BCUT2D eigenvalue weighted by Gasteiger charge is -2.35. The highest BCUT2D eigenvalue weighted by molar-refractivity contribution is 5.76. The number of carbonyl (C=O) groups is 1. The number of hydrogen-bond acceptors (Lipinski definition) is 4. The summed E-state index contributed by atoms with van der Waals surface area (Å²) >= 11 is 0. The van der Waals surface area contributed by atoms with Crippen molar-refractivity contribution in [3.63, 3.8) is 0 Å². The van der Waals surface area contributed by atoms with Gasteiger partial charge in [0.1, 0.15) is 0 Å². The summed E-state index contributed by atoms with van der Waals surface area (Å²) in [4.78, 5) is 16.7. The molecule has 0 radical (unpaired) electrons. The molecule has 2 fully saturated rings. The first-order valence-corrected chi connectivity index (χ1v) is 8.61. The lowest BCUT2D eigenvalue weighted by Crippen LogP contribution is -2.49. The number of nitrogens with zero attached hydrogens (tertiary/aromatic N) is 2. The van der Waals surface area contributed by atoms with Crippen LogP contribution in [0.5, 0.6) is 0 Å². The summed E-state index contributed by atoms with van der Waals surface area (Å²) in [6.45, 7) is 6.56. The van der Waals surface area contributed by atoms with Gasteiger partial charge in [0.2, 0.25) is 5.91 Å². The summed E-state index contributed by atoms with van der Waals surface area (Å²) in [5.74, 6) is 0.311. The van der Waals surface area contributed by atoms with Gasteiger partial charge in [-0.15, -0.1) is 0 Å². The van der Waals surface area contributed by atoms with E-state index in [0.717, 1.165) is 65.1 Å². The molecule has 2 aliphatic heterocycles. The zero-order chi connectivity index (χ0) is 14.9. The van der Waals surface area contributed by atoms with E-state index < -0.39 is 0 Å². The number of amides is 1. The second-order valence-corrected chi connectivity index (χ2v) is 6.25. The quantitative estimate of drug-likeness (QED) is 0.718. The summed E-state index contributed by atoms with van der Waals surface area (Å²) in [7, 11) is 0. The molecule has 2 rings (SSSR count). The van der Waals surface area contributed by atoms with Gasteiger partial charge in [-0.3, -0.25) is 9.69 Å². The minimum atomic E-state index is 0.311. The predicted molar refractivity (Wildman–Crippen MR) is 84.1 cm³/mol. The van der Waals surface area contributed by atoms with Crippen LogP contribution in [0.4, 0.5) is 0 Å². The minimum Gasteiger partial charge on any atom is -0.378 e. The summed E-state index contributed by atoms with van der Waals surface area (Å²) in [5.41, 5.74) is 5.52. The number of hydrogen-bond donors (Lipinski definition) is 1. The Labute approximate surface area is 128 Å². The van der Waals surface area contributed by atoms with Gasteiger partial charge in [0, 0.05) is 39.2 Å². The van der Waals surface area contributed by atoms with Crippen molar-refractivity contribution in [3.8, 4) is 0 Å². The van der Waals surface area contributed by atoms with Crippen molar-refractivity contribution < 1.29 is 9.53 Å². The molecule has 2 aliphatic rings. The van der Waals surface area contributed by atoms with Crippen molar-refractivity contribution in [2.45, 2.75) is 51.0 Å². The Morgan fingerprint density at radius 3 is 2.62 bits per heavy atom. The molecule has 1 amide bonds. The van der Waals surface area contributed by atoms with Gasteiger partial charge in [-0.05, 0) is 51.6 Å².